The van der Waals surface area contributed by atoms with Gasteiger partial charge < -0.3 is 5.32 Å². The standard InChI is InChI=1S/C8H14ClN3S/c1-6(2)8(3,4-9)12-7-10-5-11-13-7/h5-6H,4H2,1-3H3,(H,10,11,12). The van der Waals surface area contributed by atoms with Crippen molar-refractivity contribution in [3.8, 4) is 0 Å². The number of nitrogens with one attached hydrogen (secondary N) is 1. The summed E-state index contributed by atoms with van der Waals surface area (Å²) in [5.41, 5.74) is -0.110. The van der Waals surface area contributed by atoms with Crippen molar-refractivity contribution in [1.82, 2.24) is 9.36 Å². The molecule has 1 N–H and O–H groups in total. The molecule has 0 amide bonds. The lowest BCUT2D eigenvalue weighted by Gasteiger charge is -2.32. The van der Waals surface area contributed by atoms with Crippen molar-refractivity contribution in [1.29, 1.82) is 0 Å². The van der Waals surface area contributed by atoms with E-state index in [1.165, 1.54) is 11.5 Å². The zero-order chi connectivity index (χ0) is 9.90. The van der Waals surface area contributed by atoms with Crippen molar-refractivity contribution >= 4 is 28.3 Å². The van der Waals surface area contributed by atoms with E-state index in [0.717, 1.165) is 5.13 Å². The predicted octanol–water partition coefficient (Wildman–Crippen LogP) is 2.60. The first-order valence-electron chi connectivity index (χ1n) is 4.19. The molecule has 13 heavy (non-hydrogen) atoms. The topological polar surface area (TPSA) is 37.8 Å². The molecule has 1 unspecified atom stereocenters. The molecule has 1 rings (SSSR count). The third-order valence-corrected chi connectivity index (χ3v) is 3.44. The van der Waals surface area contributed by atoms with Crippen LogP contribution in [0, 0.1) is 5.92 Å². The molecular weight excluding hydrogens is 206 g/mol. The van der Waals surface area contributed by atoms with E-state index >= 15 is 0 Å². The number of anilines is 1. The molecule has 0 saturated heterocycles. The highest BCUT2D eigenvalue weighted by atomic mass is 35.5. The molecule has 0 aliphatic rings. The molecule has 0 fully saturated rings. The number of alkyl halides is 1. The van der Waals surface area contributed by atoms with Gasteiger partial charge in [-0.1, -0.05) is 13.8 Å². The molecule has 1 atom stereocenters. The second-order valence-corrected chi connectivity index (χ2v) is 4.62. The van der Waals surface area contributed by atoms with Crippen molar-refractivity contribution < 1.29 is 0 Å². The van der Waals surface area contributed by atoms with Crippen LogP contribution in [0.15, 0.2) is 6.33 Å². The van der Waals surface area contributed by atoms with Gasteiger partial charge in [-0.25, -0.2) is 4.98 Å². The van der Waals surface area contributed by atoms with Crippen LogP contribution in [-0.4, -0.2) is 20.8 Å². The van der Waals surface area contributed by atoms with Crippen LogP contribution < -0.4 is 5.32 Å². The fraction of sp³-hybridized carbons (Fsp3) is 0.750. The summed E-state index contributed by atoms with van der Waals surface area (Å²) in [4.78, 5) is 4.07. The molecule has 1 heterocycles. The number of halogens is 1. The van der Waals surface area contributed by atoms with Gasteiger partial charge in [0, 0.05) is 17.4 Å². The SMILES string of the molecule is CC(C)C(C)(CCl)Nc1ncns1. The van der Waals surface area contributed by atoms with Crippen LogP contribution >= 0.6 is 23.1 Å². The van der Waals surface area contributed by atoms with Crippen LogP contribution in [0.1, 0.15) is 20.8 Å². The Morgan fingerprint density at radius 1 is 1.69 bits per heavy atom. The fourth-order valence-electron chi connectivity index (χ4n) is 0.804. The highest BCUT2D eigenvalue weighted by molar-refractivity contribution is 7.09. The number of rotatable bonds is 4. The summed E-state index contributed by atoms with van der Waals surface area (Å²) in [5, 5.41) is 4.13. The van der Waals surface area contributed by atoms with Crippen LogP contribution in [-0.2, 0) is 0 Å². The van der Waals surface area contributed by atoms with E-state index in [-0.39, 0.29) is 5.54 Å². The van der Waals surface area contributed by atoms with Gasteiger partial charge in [-0.05, 0) is 12.8 Å². The Kier molecular flexibility index (Phi) is 3.50. The Hall–Kier alpha value is -0.350. The molecule has 1 aromatic rings. The monoisotopic (exact) mass is 219 g/mol. The summed E-state index contributed by atoms with van der Waals surface area (Å²) < 4.78 is 3.92. The van der Waals surface area contributed by atoms with E-state index < -0.39 is 0 Å². The van der Waals surface area contributed by atoms with Gasteiger partial charge in [0.25, 0.3) is 0 Å². The van der Waals surface area contributed by atoms with Crippen LogP contribution in [0.5, 0.6) is 0 Å². The van der Waals surface area contributed by atoms with Gasteiger partial charge in [0.1, 0.15) is 6.33 Å². The maximum atomic E-state index is 5.91. The molecule has 5 heteroatoms. The molecule has 0 aliphatic heterocycles. The lowest BCUT2D eigenvalue weighted by Crippen LogP contribution is -2.42. The first kappa shape index (κ1) is 10.7. The third kappa shape index (κ3) is 2.54. The van der Waals surface area contributed by atoms with E-state index in [0.29, 0.717) is 11.8 Å². The first-order chi connectivity index (χ1) is 6.08. The Balaban J connectivity index is 2.69. The molecule has 0 aliphatic carbocycles. The molecule has 0 spiro atoms. The van der Waals surface area contributed by atoms with E-state index in [9.17, 15) is 0 Å². The molecule has 0 aromatic carbocycles. The van der Waals surface area contributed by atoms with E-state index in [4.69, 9.17) is 11.6 Å². The van der Waals surface area contributed by atoms with Crippen molar-refractivity contribution in [3.05, 3.63) is 6.33 Å². The first-order valence-corrected chi connectivity index (χ1v) is 5.50. The number of hydrogen-bond donors (Lipinski definition) is 1. The summed E-state index contributed by atoms with van der Waals surface area (Å²) in [6.07, 6.45) is 1.54. The summed E-state index contributed by atoms with van der Waals surface area (Å²) in [5.74, 6) is 1.01. The average molecular weight is 220 g/mol. The maximum Gasteiger partial charge on any atom is 0.202 e. The van der Waals surface area contributed by atoms with Crippen molar-refractivity contribution in [2.24, 2.45) is 5.92 Å². The van der Waals surface area contributed by atoms with Gasteiger partial charge in [0.15, 0.2) is 0 Å². The molecule has 0 saturated carbocycles. The largest absolute Gasteiger partial charge is 0.354 e. The van der Waals surface area contributed by atoms with Crippen LogP contribution in [0.3, 0.4) is 0 Å². The van der Waals surface area contributed by atoms with E-state index in [1.807, 2.05) is 0 Å². The van der Waals surface area contributed by atoms with Crippen LogP contribution in [0.4, 0.5) is 5.13 Å². The van der Waals surface area contributed by atoms with Crippen LogP contribution in [0.25, 0.3) is 0 Å². The molecule has 0 radical (unpaired) electrons. The van der Waals surface area contributed by atoms with Crippen molar-refractivity contribution in [3.63, 3.8) is 0 Å². The zero-order valence-electron chi connectivity index (χ0n) is 8.04. The van der Waals surface area contributed by atoms with Gasteiger partial charge in [0.05, 0.1) is 5.54 Å². The highest BCUT2D eigenvalue weighted by Gasteiger charge is 2.27. The minimum Gasteiger partial charge on any atom is -0.354 e. The van der Waals surface area contributed by atoms with E-state index in [1.54, 1.807) is 6.33 Å². The van der Waals surface area contributed by atoms with Gasteiger partial charge in [-0.3, -0.25) is 0 Å². The normalized spacial score (nSPS) is 15.8. The van der Waals surface area contributed by atoms with Gasteiger partial charge in [-0.2, -0.15) is 4.37 Å². The number of nitrogens with zero attached hydrogens (tertiary/aromatic N) is 2. The van der Waals surface area contributed by atoms with Crippen molar-refractivity contribution in [2.75, 3.05) is 11.2 Å². The van der Waals surface area contributed by atoms with Gasteiger partial charge >= 0.3 is 0 Å². The lowest BCUT2D eigenvalue weighted by atomic mass is 9.91. The maximum absolute atomic E-state index is 5.91. The van der Waals surface area contributed by atoms with Gasteiger partial charge in [0.2, 0.25) is 5.13 Å². The molecule has 1 aromatic heterocycles. The van der Waals surface area contributed by atoms with Gasteiger partial charge in [-0.15, -0.1) is 11.6 Å². The fourth-order valence-corrected chi connectivity index (χ4v) is 1.75. The lowest BCUT2D eigenvalue weighted by molar-refractivity contribution is 0.412. The van der Waals surface area contributed by atoms with Crippen LogP contribution in [0.2, 0.25) is 0 Å². The Bertz CT molecular complexity index is 250. The molecule has 3 nitrogen and oxygen atoms in total. The highest BCUT2D eigenvalue weighted by Crippen LogP contribution is 2.24. The second kappa shape index (κ2) is 4.24. The predicted molar refractivity (Wildman–Crippen MR) is 57.5 cm³/mol. The smallest absolute Gasteiger partial charge is 0.202 e. The molecule has 74 valence electrons. The van der Waals surface area contributed by atoms with Crippen molar-refractivity contribution in [2.45, 2.75) is 26.3 Å². The number of aromatic nitrogens is 2. The Labute approximate surface area is 87.7 Å². The minimum absolute atomic E-state index is 0.110. The second-order valence-electron chi connectivity index (χ2n) is 3.58. The molecular formula is C8H14ClN3S. The Morgan fingerprint density at radius 3 is 2.77 bits per heavy atom. The average Bonchev–Trinajstić information content (AvgIpc) is 2.56. The van der Waals surface area contributed by atoms with E-state index in [2.05, 4.69) is 35.4 Å². The quantitative estimate of drug-likeness (QED) is 0.792. The molecule has 0 bridgehead atoms. The summed E-state index contributed by atoms with van der Waals surface area (Å²) >= 11 is 7.27. The summed E-state index contributed by atoms with van der Waals surface area (Å²) in [6, 6.07) is 0. The minimum atomic E-state index is -0.110. The zero-order valence-corrected chi connectivity index (χ0v) is 9.61. The summed E-state index contributed by atoms with van der Waals surface area (Å²) in [6.45, 7) is 6.36. The Morgan fingerprint density at radius 2 is 2.38 bits per heavy atom. The third-order valence-electron chi connectivity index (χ3n) is 2.31. The number of hydrogen-bond acceptors (Lipinski definition) is 4. The summed E-state index contributed by atoms with van der Waals surface area (Å²) in [7, 11) is 0.